The minimum Gasteiger partial charge on any atom is -0.486 e. The van der Waals surface area contributed by atoms with Gasteiger partial charge in [0.15, 0.2) is 23.1 Å². The first-order valence-electron chi connectivity index (χ1n) is 7.45. The number of rotatable bonds is 4. The minimum atomic E-state index is -1.08. The van der Waals surface area contributed by atoms with Crippen molar-refractivity contribution in [3.8, 4) is 11.5 Å². The van der Waals surface area contributed by atoms with Gasteiger partial charge in [0, 0.05) is 23.5 Å². The number of nitrogens with one attached hydrogen (secondary N) is 2. The fourth-order valence-corrected chi connectivity index (χ4v) is 2.25. The van der Waals surface area contributed by atoms with Gasteiger partial charge in [-0.25, -0.2) is 8.78 Å². The number of ether oxygens (including phenoxy) is 2. The Labute approximate surface area is 141 Å². The Morgan fingerprint density at radius 1 is 0.840 bits per heavy atom. The molecule has 0 saturated carbocycles. The van der Waals surface area contributed by atoms with Crippen LogP contribution in [0.2, 0.25) is 0 Å². The molecule has 1 aliphatic heterocycles. The van der Waals surface area contributed by atoms with E-state index in [1.54, 1.807) is 18.2 Å². The normalized spacial score (nSPS) is 12.4. The Balaban J connectivity index is 1.56. The number of benzene rings is 2. The van der Waals surface area contributed by atoms with Crippen LogP contribution in [-0.4, -0.2) is 25.0 Å². The molecule has 6 nitrogen and oxygen atoms in total. The average molecular weight is 348 g/mol. The summed E-state index contributed by atoms with van der Waals surface area (Å²) in [5.74, 6) is -2.22. The van der Waals surface area contributed by atoms with Gasteiger partial charge in [0.1, 0.15) is 19.6 Å². The third-order valence-corrected chi connectivity index (χ3v) is 3.35. The number of amides is 2. The van der Waals surface area contributed by atoms with Crippen LogP contribution >= 0.6 is 0 Å². The van der Waals surface area contributed by atoms with Gasteiger partial charge in [0.05, 0.1) is 0 Å². The highest BCUT2D eigenvalue weighted by Crippen LogP contribution is 2.32. The largest absolute Gasteiger partial charge is 0.486 e. The van der Waals surface area contributed by atoms with E-state index in [1.165, 1.54) is 6.07 Å². The first kappa shape index (κ1) is 16.7. The van der Waals surface area contributed by atoms with Crippen LogP contribution in [0, 0.1) is 11.6 Å². The van der Waals surface area contributed by atoms with E-state index >= 15 is 0 Å². The van der Waals surface area contributed by atoms with Gasteiger partial charge >= 0.3 is 0 Å². The van der Waals surface area contributed by atoms with E-state index in [0.717, 1.165) is 12.1 Å². The summed E-state index contributed by atoms with van der Waals surface area (Å²) < 4.78 is 36.7. The van der Waals surface area contributed by atoms with Gasteiger partial charge in [0.25, 0.3) is 0 Å². The van der Waals surface area contributed by atoms with Gasteiger partial charge in [-0.1, -0.05) is 0 Å². The zero-order chi connectivity index (χ0) is 17.8. The van der Waals surface area contributed by atoms with E-state index in [9.17, 15) is 18.4 Å². The van der Waals surface area contributed by atoms with Crippen molar-refractivity contribution >= 4 is 23.2 Å². The second kappa shape index (κ2) is 7.16. The molecule has 0 unspecified atom stereocenters. The van der Waals surface area contributed by atoms with Crippen LogP contribution in [0.3, 0.4) is 0 Å². The fraction of sp³-hybridized carbons (Fsp3) is 0.176. The highest BCUT2D eigenvalue weighted by molar-refractivity contribution is 6.08. The summed E-state index contributed by atoms with van der Waals surface area (Å²) in [6.45, 7) is 0.879. The number of halogens is 2. The summed E-state index contributed by atoms with van der Waals surface area (Å²) in [6.07, 6.45) is -0.479. The van der Waals surface area contributed by atoms with E-state index in [0.29, 0.717) is 30.4 Å². The van der Waals surface area contributed by atoms with Gasteiger partial charge in [-0.2, -0.15) is 0 Å². The second-order valence-electron chi connectivity index (χ2n) is 5.26. The summed E-state index contributed by atoms with van der Waals surface area (Å²) in [4.78, 5) is 23.7. The van der Waals surface area contributed by atoms with Crippen molar-refractivity contribution in [1.82, 2.24) is 0 Å². The summed E-state index contributed by atoms with van der Waals surface area (Å²) in [6, 6.07) is 7.81. The number of carbonyl (C=O) groups is 2. The number of fused-ring (bicyclic) bond motifs is 1. The predicted octanol–water partition coefficient (Wildman–Crippen LogP) is 2.70. The highest BCUT2D eigenvalue weighted by Gasteiger charge is 2.15. The Bertz CT molecular complexity index is 826. The molecule has 0 radical (unpaired) electrons. The van der Waals surface area contributed by atoms with Gasteiger partial charge < -0.3 is 20.1 Å². The molecule has 0 aromatic heterocycles. The van der Waals surface area contributed by atoms with Gasteiger partial charge in [-0.3, -0.25) is 9.59 Å². The molecule has 0 aliphatic carbocycles. The second-order valence-corrected chi connectivity index (χ2v) is 5.26. The number of hydrogen-bond acceptors (Lipinski definition) is 4. The van der Waals surface area contributed by atoms with E-state index in [4.69, 9.17) is 9.47 Å². The first-order valence-corrected chi connectivity index (χ1v) is 7.45. The summed E-state index contributed by atoms with van der Waals surface area (Å²) in [5.41, 5.74) is 0.519. The number of anilines is 2. The molecular weight excluding hydrogens is 334 g/mol. The molecule has 1 heterocycles. The number of hydrogen-bond donors (Lipinski definition) is 2. The summed E-state index contributed by atoms with van der Waals surface area (Å²) >= 11 is 0. The van der Waals surface area contributed by atoms with Crippen LogP contribution < -0.4 is 20.1 Å². The molecule has 0 atom stereocenters. The van der Waals surface area contributed by atoms with E-state index in [1.807, 2.05) is 0 Å². The monoisotopic (exact) mass is 348 g/mol. The van der Waals surface area contributed by atoms with Crippen molar-refractivity contribution in [2.45, 2.75) is 6.42 Å². The summed E-state index contributed by atoms with van der Waals surface area (Å²) in [5, 5.41) is 4.89. The molecule has 2 N–H and O–H groups in total. The molecule has 2 amide bonds. The Kier molecular flexibility index (Phi) is 4.78. The van der Waals surface area contributed by atoms with E-state index in [-0.39, 0.29) is 5.69 Å². The van der Waals surface area contributed by atoms with Crippen molar-refractivity contribution in [3.05, 3.63) is 48.0 Å². The minimum absolute atomic E-state index is 0.0658. The molecule has 2 aromatic rings. The van der Waals surface area contributed by atoms with Crippen molar-refractivity contribution in [1.29, 1.82) is 0 Å². The third-order valence-electron chi connectivity index (χ3n) is 3.35. The zero-order valence-corrected chi connectivity index (χ0v) is 13.0. The molecule has 25 heavy (non-hydrogen) atoms. The Morgan fingerprint density at radius 3 is 2.12 bits per heavy atom. The van der Waals surface area contributed by atoms with Crippen LogP contribution in [-0.2, 0) is 9.59 Å². The van der Waals surface area contributed by atoms with Crippen molar-refractivity contribution in [2.24, 2.45) is 0 Å². The molecule has 3 rings (SSSR count). The van der Waals surface area contributed by atoms with Crippen LogP contribution in [0.5, 0.6) is 11.5 Å². The molecular formula is C17H14F2N2O4. The predicted molar refractivity (Wildman–Crippen MR) is 85.7 cm³/mol. The zero-order valence-electron chi connectivity index (χ0n) is 13.0. The van der Waals surface area contributed by atoms with Crippen LogP contribution in [0.1, 0.15) is 6.42 Å². The van der Waals surface area contributed by atoms with Crippen LogP contribution in [0.4, 0.5) is 20.2 Å². The molecule has 0 saturated heterocycles. The van der Waals surface area contributed by atoms with E-state index in [2.05, 4.69) is 10.6 Å². The molecule has 0 bridgehead atoms. The SMILES string of the molecule is O=C(CC(=O)Nc1ccc2c(c1)OCCO2)Nc1ccc(F)c(F)c1. The lowest BCUT2D eigenvalue weighted by Gasteiger charge is -2.19. The average Bonchev–Trinajstić information content (AvgIpc) is 2.58. The Hall–Kier alpha value is -3.16. The fourth-order valence-electron chi connectivity index (χ4n) is 2.25. The van der Waals surface area contributed by atoms with Crippen LogP contribution in [0.15, 0.2) is 36.4 Å². The lowest BCUT2D eigenvalue weighted by atomic mass is 10.2. The number of carbonyl (C=O) groups excluding carboxylic acids is 2. The summed E-state index contributed by atoms with van der Waals surface area (Å²) in [7, 11) is 0. The molecule has 1 aliphatic rings. The van der Waals surface area contributed by atoms with Gasteiger partial charge in [-0.05, 0) is 24.3 Å². The van der Waals surface area contributed by atoms with Crippen molar-refractivity contribution < 1.29 is 27.8 Å². The topological polar surface area (TPSA) is 76.7 Å². The van der Waals surface area contributed by atoms with Gasteiger partial charge in [-0.15, -0.1) is 0 Å². The molecule has 8 heteroatoms. The molecule has 2 aromatic carbocycles. The van der Waals surface area contributed by atoms with Crippen molar-refractivity contribution in [3.63, 3.8) is 0 Å². The molecule has 0 fully saturated rings. The molecule has 130 valence electrons. The maximum absolute atomic E-state index is 13.1. The quantitative estimate of drug-likeness (QED) is 0.833. The maximum atomic E-state index is 13.1. The lowest BCUT2D eigenvalue weighted by molar-refractivity contribution is -0.123. The lowest BCUT2D eigenvalue weighted by Crippen LogP contribution is -2.22. The third kappa shape index (κ3) is 4.23. The van der Waals surface area contributed by atoms with Crippen LogP contribution in [0.25, 0.3) is 0 Å². The van der Waals surface area contributed by atoms with Crippen molar-refractivity contribution in [2.75, 3.05) is 23.8 Å². The molecule has 0 spiro atoms. The Morgan fingerprint density at radius 2 is 1.44 bits per heavy atom. The first-order chi connectivity index (χ1) is 12.0. The standard InChI is InChI=1S/C17H14F2N2O4/c18-12-3-1-10(7-13(12)19)20-16(22)9-17(23)21-11-2-4-14-15(8-11)25-6-5-24-14/h1-4,7-8H,5-6,9H2,(H,20,22)(H,21,23). The van der Waals surface area contributed by atoms with E-state index < -0.39 is 29.9 Å². The smallest absolute Gasteiger partial charge is 0.233 e. The highest BCUT2D eigenvalue weighted by atomic mass is 19.2. The maximum Gasteiger partial charge on any atom is 0.233 e. The van der Waals surface area contributed by atoms with Gasteiger partial charge in [0.2, 0.25) is 11.8 Å².